The molecule has 0 aliphatic carbocycles. The molecule has 1 aromatic rings. The van der Waals surface area contributed by atoms with Gasteiger partial charge >= 0.3 is 0 Å². The van der Waals surface area contributed by atoms with Crippen LogP contribution in [0.3, 0.4) is 0 Å². The molecule has 90 valence electrons. The Labute approximate surface area is 105 Å². The van der Waals surface area contributed by atoms with Crippen LogP contribution in [-0.4, -0.2) is 14.2 Å². The number of methoxy groups -OCH3 is 1. The van der Waals surface area contributed by atoms with Gasteiger partial charge in [0, 0.05) is 10.0 Å². The molecule has 0 aromatic heterocycles. The van der Waals surface area contributed by atoms with E-state index in [0.29, 0.717) is 0 Å². The highest BCUT2D eigenvalue weighted by Gasteiger charge is 2.20. The summed E-state index contributed by atoms with van der Waals surface area (Å²) in [6, 6.07) is 0. The van der Waals surface area contributed by atoms with E-state index >= 15 is 0 Å². The molecule has 4 heteroatoms. The highest BCUT2D eigenvalue weighted by Crippen LogP contribution is 2.37. The van der Waals surface area contributed by atoms with Gasteiger partial charge < -0.3 is 15.8 Å². The molecule has 3 nitrogen and oxygen atoms in total. The van der Waals surface area contributed by atoms with E-state index in [-0.39, 0.29) is 6.17 Å². The van der Waals surface area contributed by atoms with Gasteiger partial charge in [0.25, 0.3) is 0 Å². The first-order valence-electron chi connectivity index (χ1n) is 5.21. The first-order chi connectivity index (χ1) is 7.45. The van der Waals surface area contributed by atoms with Crippen molar-refractivity contribution in [3.05, 3.63) is 26.7 Å². The number of hydrogen-bond acceptors (Lipinski definition) is 3. The maximum absolute atomic E-state index is 6.05. The molecular formula is C12H19BrN2O. The highest BCUT2D eigenvalue weighted by atomic mass is 79.9. The standard InChI is InChI=1S/C12H19BrN2O/c1-6-7(2)11(16-5)9(12(14)15-4)8(3)10(6)13/h12,15H,14H2,1-5H3. The Kier molecular flexibility index (Phi) is 4.35. The number of halogens is 1. The summed E-state index contributed by atoms with van der Waals surface area (Å²) in [5, 5.41) is 3.05. The van der Waals surface area contributed by atoms with Gasteiger partial charge in [-0.1, -0.05) is 15.9 Å². The molecule has 0 aliphatic rings. The third kappa shape index (κ3) is 2.10. The molecule has 1 atom stereocenters. The average molecular weight is 287 g/mol. The second kappa shape index (κ2) is 5.17. The predicted octanol–water partition coefficient (Wildman–Crippen LogP) is 2.56. The molecule has 0 radical (unpaired) electrons. The molecule has 16 heavy (non-hydrogen) atoms. The summed E-state index contributed by atoms with van der Waals surface area (Å²) in [5.74, 6) is 0.875. The molecule has 0 spiro atoms. The third-order valence-corrected chi connectivity index (χ3v) is 4.23. The Morgan fingerprint density at radius 3 is 2.19 bits per heavy atom. The summed E-state index contributed by atoms with van der Waals surface area (Å²) in [5.41, 5.74) is 10.5. The molecule has 0 aliphatic heterocycles. The number of nitrogens with two attached hydrogens (primary N) is 1. The number of hydrogen-bond donors (Lipinski definition) is 2. The normalized spacial score (nSPS) is 12.7. The van der Waals surface area contributed by atoms with Crippen molar-refractivity contribution in [3.8, 4) is 5.75 Å². The Hall–Kier alpha value is -0.580. The Balaban J connectivity index is 3.57. The highest BCUT2D eigenvalue weighted by molar-refractivity contribution is 9.10. The summed E-state index contributed by atoms with van der Waals surface area (Å²) in [4.78, 5) is 0. The van der Waals surface area contributed by atoms with E-state index in [9.17, 15) is 0 Å². The average Bonchev–Trinajstić information content (AvgIpc) is 2.29. The zero-order chi connectivity index (χ0) is 12.5. The molecular weight excluding hydrogens is 268 g/mol. The van der Waals surface area contributed by atoms with E-state index in [2.05, 4.69) is 28.2 Å². The molecule has 0 fully saturated rings. The quantitative estimate of drug-likeness (QED) is 0.840. The maximum atomic E-state index is 6.05. The van der Waals surface area contributed by atoms with Gasteiger partial charge in [-0.2, -0.15) is 0 Å². The number of nitrogens with one attached hydrogen (secondary N) is 1. The van der Waals surface area contributed by atoms with Gasteiger partial charge in [-0.05, 0) is 44.5 Å². The lowest BCUT2D eigenvalue weighted by atomic mass is 9.97. The zero-order valence-electron chi connectivity index (χ0n) is 10.4. The summed E-state index contributed by atoms with van der Waals surface area (Å²) in [6.07, 6.45) is -0.217. The first kappa shape index (κ1) is 13.5. The van der Waals surface area contributed by atoms with E-state index in [4.69, 9.17) is 10.5 Å². The van der Waals surface area contributed by atoms with Crippen molar-refractivity contribution in [2.24, 2.45) is 5.73 Å². The topological polar surface area (TPSA) is 47.3 Å². The molecule has 0 heterocycles. The van der Waals surface area contributed by atoms with Crippen LogP contribution in [0.5, 0.6) is 5.75 Å². The number of benzene rings is 1. The lowest BCUT2D eigenvalue weighted by Gasteiger charge is -2.22. The minimum absolute atomic E-state index is 0.217. The van der Waals surface area contributed by atoms with Gasteiger partial charge in [0.2, 0.25) is 0 Å². The van der Waals surface area contributed by atoms with E-state index in [1.807, 2.05) is 20.9 Å². The second-order valence-electron chi connectivity index (χ2n) is 3.90. The van der Waals surface area contributed by atoms with Crippen LogP contribution < -0.4 is 15.8 Å². The van der Waals surface area contributed by atoms with Crippen molar-refractivity contribution in [3.63, 3.8) is 0 Å². The van der Waals surface area contributed by atoms with Gasteiger partial charge in [-0.25, -0.2) is 0 Å². The second-order valence-corrected chi connectivity index (χ2v) is 4.70. The van der Waals surface area contributed by atoms with E-state index in [1.54, 1.807) is 7.11 Å². The molecule has 0 amide bonds. The fourth-order valence-electron chi connectivity index (χ4n) is 1.89. The van der Waals surface area contributed by atoms with Gasteiger partial charge in [-0.15, -0.1) is 0 Å². The SMILES string of the molecule is CNC(N)c1c(C)c(Br)c(C)c(C)c1OC. The predicted molar refractivity (Wildman–Crippen MR) is 70.9 cm³/mol. The summed E-state index contributed by atoms with van der Waals surface area (Å²) < 4.78 is 6.58. The van der Waals surface area contributed by atoms with Crippen molar-refractivity contribution in [1.29, 1.82) is 0 Å². The van der Waals surface area contributed by atoms with Gasteiger partial charge in [-0.3, -0.25) is 0 Å². The lowest BCUT2D eigenvalue weighted by Crippen LogP contribution is -2.26. The van der Waals surface area contributed by atoms with Crippen LogP contribution in [0.25, 0.3) is 0 Å². The summed E-state index contributed by atoms with van der Waals surface area (Å²) in [7, 11) is 3.52. The lowest BCUT2D eigenvalue weighted by molar-refractivity contribution is 0.398. The van der Waals surface area contributed by atoms with Gasteiger partial charge in [0.1, 0.15) is 5.75 Å². The van der Waals surface area contributed by atoms with Crippen LogP contribution in [0.15, 0.2) is 4.47 Å². The Morgan fingerprint density at radius 2 is 1.75 bits per heavy atom. The van der Waals surface area contributed by atoms with Crippen LogP contribution in [0.1, 0.15) is 28.4 Å². The van der Waals surface area contributed by atoms with E-state index in [0.717, 1.165) is 26.9 Å². The van der Waals surface area contributed by atoms with Crippen molar-refractivity contribution >= 4 is 15.9 Å². The molecule has 1 aromatic carbocycles. The largest absolute Gasteiger partial charge is 0.496 e. The van der Waals surface area contributed by atoms with Gasteiger partial charge in [0.05, 0.1) is 13.3 Å². The monoisotopic (exact) mass is 286 g/mol. The number of rotatable bonds is 3. The summed E-state index contributed by atoms with van der Waals surface area (Å²) >= 11 is 3.60. The van der Waals surface area contributed by atoms with Crippen LogP contribution in [0, 0.1) is 20.8 Å². The minimum Gasteiger partial charge on any atom is -0.496 e. The fraction of sp³-hybridized carbons (Fsp3) is 0.500. The van der Waals surface area contributed by atoms with Crippen molar-refractivity contribution < 1.29 is 4.74 Å². The van der Waals surface area contributed by atoms with Crippen molar-refractivity contribution in [1.82, 2.24) is 5.32 Å². The van der Waals surface area contributed by atoms with Gasteiger partial charge in [0.15, 0.2) is 0 Å². The van der Waals surface area contributed by atoms with Crippen LogP contribution in [-0.2, 0) is 0 Å². The van der Waals surface area contributed by atoms with Crippen LogP contribution in [0.2, 0.25) is 0 Å². The van der Waals surface area contributed by atoms with Crippen LogP contribution in [0.4, 0.5) is 0 Å². The molecule has 0 saturated heterocycles. The zero-order valence-corrected chi connectivity index (χ0v) is 12.0. The van der Waals surface area contributed by atoms with Crippen molar-refractivity contribution in [2.45, 2.75) is 26.9 Å². The minimum atomic E-state index is -0.217. The number of ether oxygens (including phenoxy) is 1. The molecule has 0 saturated carbocycles. The Bertz CT molecular complexity index is 405. The van der Waals surface area contributed by atoms with E-state index < -0.39 is 0 Å². The molecule has 0 bridgehead atoms. The van der Waals surface area contributed by atoms with E-state index in [1.165, 1.54) is 5.56 Å². The Morgan fingerprint density at radius 1 is 1.19 bits per heavy atom. The summed E-state index contributed by atoms with van der Waals surface area (Å²) in [6.45, 7) is 6.17. The smallest absolute Gasteiger partial charge is 0.128 e. The van der Waals surface area contributed by atoms with Crippen LogP contribution >= 0.6 is 15.9 Å². The maximum Gasteiger partial charge on any atom is 0.128 e. The molecule has 1 rings (SSSR count). The van der Waals surface area contributed by atoms with Crippen molar-refractivity contribution in [2.75, 3.05) is 14.2 Å². The fourth-order valence-corrected chi connectivity index (χ4v) is 2.40. The third-order valence-electron chi connectivity index (χ3n) is 3.04. The first-order valence-corrected chi connectivity index (χ1v) is 6.01. The molecule has 1 unspecified atom stereocenters. The molecule has 3 N–H and O–H groups in total.